The van der Waals surface area contributed by atoms with Gasteiger partial charge in [0.1, 0.15) is 0 Å². The molecule has 0 aromatic heterocycles. The first-order chi connectivity index (χ1) is 22.8. The Balaban J connectivity index is 0.848. The minimum Gasteiger partial charge on any atom is -0.455 e. The summed E-state index contributed by atoms with van der Waals surface area (Å²) in [6.07, 6.45) is 2.39. The summed E-state index contributed by atoms with van der Waals surface area (Å²) < 4.78 is 48.1. The number of fused-ring (bicyclic) bond motifs is 10. The molecule has 6 heterocycles. The summed E-state index contributed by atoms with van der Waals surface area (Å²) in [5.74, 6) is -3.47. The van der Waals surface area contributed by atoms with Crippen LogP contribution in [0.25, 0.3) is 0 Å². The molecule has 11 atom stereocenters. The largest absolute Gasteiger partial charge is 0.455 e. The van der Waals surface area contributed by atoms with Gasteiger partial charge in [0.05, 0.1) is 60.8 Å². The molecule has 6 aliphatic rings. The topological polar surface area (TPSA) is 142 Å². The maximum Gasteiger partial charge on any atom is 0.320 e. The van der Waals surface area contributed by atoms with E-state index < -0.39 is 80.8 Å². The van der Waals surface area contributed by atoms with Crippen molar-refractivity contribution in [2.24, 2.45) is 23.7 Å². The molecule has 0 amide bonds. The van der Waals surface area contributed by atoms with Gasteiger partial charge in [0.15, 0.2) is 33.3 Å². The summed E-state index contributed by atoms with van der Waals surface area (Å²) in [5.41, 5.74) is 0.358. The fourth-order valence-electron chi connectivity index (χ4n) is 9.82. The zero-order valence-corrected chi connectivity index (χ0v) is 34.6. The van der Waals surface area contributed by atoms with Gasteiger partial charge in [0.2, 0.25) is 0 Å². The van der Waals surface area contributed by atoms with Crippen LogP contribution in [0.4, 0.5) is 0 Å². The van der Waals surface area contributed by atoms with Crippen molar-refractivity contribution >= 4 is 57.1 Å². The van der Waals surface area contributed by atoms with Gasteiger partial charge in [-0.3, -0.25) is 19.2 Å². The molecule has 0 radical (unpaired) electrons. The first kappa shape index (κ1) is 37.7. The number of rotatable bonds is 17. The Morgan fingerprint density at radius 1 is 0.633 bits per heavy atom. The molecule has 0 spiro atoms. The van der Waals surface area contributed by atoms with Crippen molar-refractivity contribution in [2.45, 2.75) is 139 Å². The van der Waals surface area contributed by atoms with Crippen molar-refractivity contribution < 1.29 is 55.8 Å². The summed E-state index contributed by atoms with van der Waals surface area (Å²) in [6, 6.07) is 1.95. The van der Waals surface area contributed by atoms with E-state index in [-0.39, 0.29) is 41.6 Å². The minimum absolute atomic E-state index is 0.00635. The third-order valence-electron chi connectivity index (χ3n) is 11.8. The number of carbonyl (C=O) groups is 4. The molecule has 4 bridgehead atoms. The van der Waals surface area contributed by atoms with Crippen molar-refractivity contribution in [2.75, 3.05) is 19.8 Å². The second kappa shape index (κ2) is 13.7. The zero-order chi connectivity index (χ0) is 35.7. The molecule has 6 fully saturated rings. The van der Waals surface area contributed by atoms with Crippen LogP contribution in [0.3, 0.4) is 0 Å². The van der Waals surface area contributed by atoms with E-state index in [1.165, 1.54) is 0 Å². The van der Waals surface area contributed by atoms with E-state index in [1.54, 1.807) is 0 Å². The van der Waals surface area contributed by atoms with E-state index in [1.807, 2.05) is 6.92 Å². The summed E-state index contributed by atoms with van der Waals surface area (Å²) >= 11 is 0. The number of carbonyl (C=O) groups excluding carboxylic acids is 4. The minimum atomic E-state index is -2.21. The molecule has 0 aromatic rings. The van der Waals surface area contributed by atoms with Gasteiger partial charge < -0.3 is 36.7 Å². The lowest BCUT2D eigenvalue weighted by Crippen LogP contribution is -2.52. The van der Waals surface area contributed by atoms with Crippen molar-refractivity contribution in [3.63, 3.8) is 0 Å². The molecule has 6 aliphatic heterocycles. The lowest BCUT2D eigenvalue weighted by atomic mass is 9.81. The Labute approximate surface area is 294 Å². The molecule has 6 saturated heterocycles. The van der Waals surface area contributed by atoms with Crippen LogP contribution in [0.5, 0.6) is 0 Å². The number of esters is 4. The molecule has 6 rings (SSSR count). The van der Waals surface area contributed by atoms with Gasteiger partial charge >= 0.3 is 23.9 Å². The van der Waals surface area contributed by atoms with Crippen LogP contribution in [0.1, 0.15) is 32.6 Å². The molecular formula is C33H56O12Si4. The van der Waals surface area contributed by atoms with Crippen molar-refractivity contribution in [1.29, 1.82) is 0 Å². The number of hydrogen-bond donors (Lipinski definition) is 0. The molecule has 0 aromatic carbocycles. The molecular weight excluding hydrogens is 701 g/mol. The molecule has 11 unspecified atom stereocenters. The van der Waals surface area contributed by atoms with E-state index in [2.05, 4.69) is 52.4 Å². The van der Waals surface area contributed by atoms with Crippen LogP contribution in [0.2, 0.25) is 75.5 Å². The molecule has 276 valence electrons. The molecule has 16 heteroatoms. The highest BCUT2D eigenvalue weighted by Gasteiger charge is 2.68. The monoisotopic (exact) mass is 756 g/mol. The highest BCUT2D eigenvalue weighted by molar-refractivity contribution is 6.86. The van der Waals surface area contributed by atoms with Gasteiger partial charge in [-0.25, -0.2) is 0 Å². The number of ether oxygens (including phenoxy) is 6. The molecule has 0 N–H and O–H groups in total. The third-order valence-corrected chi connectivity index (χ3v) is 28.3. The normalized spacial score (nSPS) is 36.0. The maximum absolute atomic E-state index is 12.3. The lowest BCUT2D eigenvalue weighted by Gasteiger charge is -2.41. The van der Waals surface area contributed by atoms with Crippen LogP contribution in [-0.4, -0.2) is 107 Å². The summed E-state index contributed by atoms with van der Waals surface area (Å²) in [4.78, 5) is 48.9. The fourth-order valence-corrected chi connectivity index (χ4v) is 29.0. The van der Waals surface area contributed by atoms with Crippen molar-refractivity contribution in [3.05, 3.63) is 0 Å². The van der Waals surface area contributed by atoms with Crippen LogP contribution in [0, 0.1) is 23.7 Å². The maximum atomic E-state index is 12.3. The molecule has 0 saturated carbocycles. The van der Waals surface area contributed by atoms with Gasteiger partial charge in [0, 0.05) is 24.3 Å². The van der Waals surface area contributed by atoms with Crippen LogP contribution >= 0.6 is 0 Å². The Bertz CT molecular complexity index is 1320. The third kappa shape index (κ3) is 7.55. The van der Waals surface area contributed by atoms with Gasteiger partial charge in [-0.05, 0) is 97.1 Å². The quantitative estimate of drug-likeness (QED) is 0.0875. The van der Waals surface area contributed by atoms with Crippen LogP contribution in [-0.2, 0) is 55.8 Å². The first-order valence-corrected chi connectivity index (χ1v) is 30.4. The van der Waals surface area contributed by atoms with Crippen molar-refractivity contribution in [1.82, 2.24) is 0 Å². The van der Waals surface area contributed by atoms with Crippen LogP contribution < -0.4 is 0 Å². The van der Waals surface area contributed by atoms with E-state index in [4.69, 9.17) is 36.7 Å². The highest BCUT2D eigenvalue weighted by Crippen LogP contribution is 2.57. The summed E-state index contributed by atoms with van der Waals surface area (Å²) in [6.45, 7) is 21.8. The summed E-state index contributed by atoms with van der Waals surface area (Å²) in [5, 5.41) is 0. The fraction of sp³-hybridized carbons (Fsp3) is 0.879. The summed E-state index contributed by atoms with van der Waals surface area (Å²) in [7, 11) is -8.40. The average Bonchev–Trinajstić information content (AvgIpc) is 3.81. The molecule has 12 nitrogen and oxygen atoms in total. The van der Waals surface area contributed by atoms with Gasteiger partial charge in [0.25, 0.3) is 0 Å². The Morgan fingerprint density at radius 2 is 1.04 bits per heavy atom. The first-order valence-electron chi connectivity index (χ1n) is 18.2. The Kier molecular flexibility index (Phi) is 10.5. The second-order valence-electron chi connectivity index (χ2n) is 17.4. The average molecular weight is 757 g/mol. The highest BCUT2D eigenvalue weighted by atomic mass is 28.4. The Hall–Kier alpha value is -1.09. The number of cyclic esters (lactones) is 4. The van der Waals surface area contributed by atoms with E-state index >= 15 is 0 Å². The SMILES string of the molecule is CC(COCCC[Si](C)(C)O[Si](C)(C)C1CC2OC1C1C(=O)OC(=O)C21)OCCC[Si](C)(C)O[Si](C)(C)C1CC2OC1C1C(=O)OC(=O)C21. The van der Waals surface area contributed by atoms with E-state index in [0.717, 1.165) is 37.8 Å². The Morgan fingerprint density at radius 3 is 1.49 bits per heavy atom. The predicted octanol–water partition coefficient (Wildman–Crippen LogP) is 4.76. The van der Waals surface area contributed by atoms with E-state index in [9.17, 15) is 19.2 Å². The zero-order valence-electron chi connectivity index (χ0n) is 30.6. The standard InChI is InChI=1S/C33H56O12Si4/c1-19(39-13-11-15-47(4,5)45-49(8,9)23-17-21-25-27(29(23)41-21)33(37)43-31(25)35)18-38-12-10-14-46(2,3)44-48(6,7)22-16-20-24-26(28(22)40-20)32(36)42-30(24)34/h19-29H,10-18H2,1-9H3. The van der Waals surface area contributed by atoms with Crippen LogP contribution in [0.15, 0.2) is 0 Å². The molecule has 0 aliphatic carbocycles. The predicted molar refractivity (Wildman–Crippen MR) is 187 cm³/mol. The molecule has 49 heavy (non-hydrogen) atoms. The van der Waals surface area contributed by atoms with Gasteiger partial charge in [-0.2, -0.15) is 0 Å². The lowest BCUT2D eigenvalue weighted by molar-refractivity contribution is -0.158. The second-order valence-corrected chi connectivity index (χ2v) is 35.0. The van der Waals surface area contributed by atoms with E-state index in [0.29, 0.717) is 19.8 Å². The van der Waals surface area contributed by atoms with Gasteiger partial charge in [-0.1, -0.05) is 0 Å². The van der Waals surface area contributed by atoms with Crippen molar-refractivity contribution in [3.8, 4) is 0 Å². The number of hydrogen-bond acceptors (Lipinski definition) is 12. The smallest absolute Gasteiger partial charge is 0.320 e. The van der Waals surface area contributed by atoms with Gasteiger partial charge in [-0.15, -0.1) is 0 Å².